The summed E-state index contributed by atoms with van der Waals surface area (Å²) in [5.41, 5.74) is 3.60. The fraction of sp³-hybridized carbons (Fsp3) is 0.263. The number of carbonyl (C=O) groups is 1. The van der Waals surface area contributed by atoms with E-state index in [1.807, 2.05) is 51.4 Å². The largest absolute Gasteiger partial charge is 0.350 e. The number of benzene rings is 1. The molecule has 0 fully saturated rings. The van der Waals surface area contributed by atoms with Crippen molar-refractivity contribution in [2.75, 3.05) is 20.6 Å². The van der Waals surface area contributed by atoms with E-state index in [1.165, 1.54) is 5.56 Å². The van der Waals surface area contributed by atoms with Crippen molar-refractivity contribution in [1.29, 1.82) is 0 Å². The van der Waals surface area contributed by atoms with E-state index in [0.29, 0.717) is 12.1 Å². The molecule has 1 amide bonds. The van der Waals surface area contributed by atoms with Gasteiger partial charge in [-0.3, -0.25) is 4.79 Å². The minimum Gasteiger partial charge on any atom is -0.350 e. The van der Waals surface area contributed by atoms with Crippen molar-refractivity contribution in [3.8, 4) is 5.69 Å². The molecular formula is C19H22N4OS. The first-order valence-corrected chi connectivity index (χ1v) is 9.09. The molecule has 0 unspecified atom stereocenters. The van der Waals surface area contributed by atoms with Crippen molar-refractivity contribution < 1.29 is 4.79 Å². The van der Waals surface area contributed by atoms with Gasteiger partial charge in [0.15, 0.2) is 0 Å². The predicted molar refractivity (Wildman–Crippen MR) is 101 cm³/mol. The molecule has 25 heavy (non-hydrogen) atoms. The van der Waals surface area contributed by atoms with Gasteiger partial charge in [0.2, 0.25) is 0 Å². The highest BCUT2D eigenvalue weighted by molar-refractivity contribution is 7.07. The van der Waals surface area contributed by atoms with Crippen LogP contribution in [-0.2, 0) is 0 Å². The van der Waals surface area contributed by atoms with Crippen LogP contribution in [0, 0.1) is 6.92 Å². The topological polar surface area (TPSA) is 50.2 Å². The number of aromatic nitrogens is 2. The zero-order valence-electron chi connectivity index (χ0n) is 14.6. The van der Waals surface area contributed by atoms with Crippen LogP contribution in [0.3, 0.4) is 0 Å². The zero-order valence-corrected chi connectivity index (χ0v) is 15.5. The minimum absolute atomic E-state index is 0.0956. The van der Waals surface area contributed by atoms with Gasteiger partial charge in [-0.25, -0.2) is 4.68 Å². The highest BCUT2D eigenvalue weighted by atomic mass is 32.1. The summed E-state index contributed by atoms with van der Waals surface area (Å²) in [4.78, 5) is 14.7. The van der Waals surface area contributed by atoms with E-state index in [1.54, 1.807) is 22.2 Å². The highest BCUT2D eigenvalue weighted by Gasteiger charge is 2.19. The fourth-order valence-corrected chi connectivity index (χ4v) is 3.52. The molecule has 0 aliphatic heterocycles. The molecule has 2 heterocycles. The monoisotopic (exact) mass is 354 g/mol. The summed E-state index contributed by atoms with van der Waals surface area (Å²) in [7, 11) is 4.04. The summed E-state index contributed by atoms with van der Waals surface area (Å²) in [5.74, 6) is -0.0956. The molecule has 0 radical (unpaired) electrons. The van der Waals surface area contributed by atoms with Gasteiger partial charge in [-0.15, -0.1) is 0 Å². The number of nitrogens with zero attached hydrogens (tertiary/aromatic N) is 3. The van der Waals surface area contributed by atoms with Gasteiger partial charge in [0.05, 0.1) is 29.2 Å². The normalized spacial score (nSPS) is 12.3. The molecule has 0 spiro atoms. The van der Waals surface area contributed by atoms with Gasteiger partial charge in [0.25, 0.3) is 5.91 Å². The molecule has 0 aliphatic rings. The number of amides is 1. The zero-order chi connectivity index (χ0) is 17.8. The summed E-state index contributed by atoms with van der Waals surface area (Å²) >= 11 is 1.67. The lowest BCUT2D eigenvalue weighted by atomic mass is 10.1. The Kier molecular flexibility index (Phi) is 5.31. The first-order valence-electron chi connectivity index (χ1n) is 8.14. The third kappa shape index (κ3) is 3.81. The van der Waals surface area contributed by atoms with Crippen LogP contribution in [0.5, 0.6) is 0 Å². The van der Waals surface area contributed by atoms with Gasteiger partial charge in [-0.05, 0) is 55.5 Å². The second kappa shape index (κ2) is 7.63. The maximum Gasteiger partial charge on any atom is 0.254 e. The second-order valence-corrected chi connectivity index (χ2v) is 6.92. The summed E-state index contributed by atoms with van der Waals surface area (Å²) in [6.45, 7) is 2.47. The molecule has 0 saturated heterocycles. The molecule has 0 aliphatic carbocycles. The summed E-state index contributed by atoms with van der Waals surface area (Å²) in [6.07, 6.45) is 1.63. The van der Waals surface area contributed by atoms with E-state index in [4.69, 9.17) is 0 Å². The average Bonchev–Trinajstić information content (AvgIpc) is 3.25. The Morgan fingerprint density at radius 1 is 1.28 bits per heavy atom. The Balaban J connectivity index is 1.73. The van der Waals surface area contributed by atoms with Crippen molar-refractivity contribution in [2.45, 2.75) is 13.0 Å². The van der Waals surface area contributed by atoms with Crippen LogP contribution in [0.25, 0.3) is 5.69 Å². The van der Waals surface area contributed by atoms with Crippen LogP contribution in [0.1, 0.15) is 27.7 Å². The Bertz CT molecular complexity index is 824. The molecule has 130 valence electrons. The average molecular weight is 354 g/mol. The van der Waals surface area contributed by atoms with Crippen LogP contribution < -0.4 is 5.32 Å². The van der Waals surface area contributed by atoms with E-state index in [2.05, 4.69) is 32.1 Å². The molecular weight excluding hydrogens is 332 g/mol. The van der Waals surface area contributed by atoms with E-state index in [0.717, 1.165) is 11.4 Å². The van der Waals surface area contributed by atoms with Crippen LogP contribution in [0.2, 0.25) is 0 Å². The molecule has 1 N–H and O–H groups in total. The highest BCUT2D eigenvalue weighted by Crippen LogP contribution is 2.20. The van der Waals surface area contributed by atoms with Crippen molar-refractivity contribution in [3.63, 3.8) is 0 Å². The van der Waals surface area contributed by atoms with Crippen molar-refractivity contribution in [3.05, 3.63) is 70.2 Å². The number of hydrogen-bond donors (Lipinski definition) is 1. The number of para-hydroxylation sites is 1. The van der Waals surface area contributed by atoms with Crippen LogP contribution in [0.4, 0.5) is 0 Å². The maximum absolute atomic E-state index is 12.6. The lowest BCUT2D eigenvalue weighted by Crippen LogP contribution is -2.34. The third-order valence-electron chi connectivity index (χ3n) is 4.26. The van der Waals surface area contributed by atoms with Gasteiger partial charge in [0, 0.05) is 6.54 Å². The van der Waals surface area contributed by atoms with Gasteiger partial charge in [-0.1, -0.05) is 18.2 Å². The predicted octanol–water partition coefficient (Wildman–Crippen LogP) is 3.27. The standard InChI is InChI=1S/C19H22N4OS/c1-14-17(11-21-23(14)16-7-5-4-6-8-16)19(24)20-12-18(22(2)3)15-9-10-25-13-15/h4-11,13,18H,12H2,1-3H3,(H,20,24)/t18-/m1/s1. The minimum atomic E-state index is -0.0956. The lowest BCUT2D eigenvalue weighted by molar-refractivity contribution is 0.0941. The van der Waals surface area contributed by atoms with E-state index >= 15 is 0 Å². The molecule has 2 aromatic heterocycles. The molecule has 0 bridgehead atoms. The van der Waals surface area contributed by atoms with Crippen molar-refractivity contribution in [2.24, 2.45) is 0 Å². The van der Waals surface area contributed by atoms with E-state index < -0.39 is 0 Å². The second-order valence-electron chi connectivity index (χ2n) is 6.14. The van der Waals surface area contributed by atoms with E-state index in [9.17, 15) is 4.79 Å². The number of rotatable bonds is 6. The Hall–Kier alpha value is -2.44. The Labute approximate surface area is 151 Å². The van der Waals surface area contributed by atoms with Gasteiger partial charge >= 0.3 is 0 Å². The molecule has 3 rings (SSSR count). The Morgan fingerprint density at radius 2 is 2.04 bits per heavy atom. The molecule has 3 aromatic rings. The summed E-state index contributed by atoms with van der Waals surface area (Å²) in [5, 5.41) is 11.6. The first kappa shape index (κ1) is 17.4. The van der Waals surface area contributed by atoms with Gasteiger partial charge in [-0.2, -0.15) is 16.4 Å². The molecule has 1 aromatic carbocycles. The quantitative estimate of drug-likeness (QED) is 0.739. The number of nitrogens with one attached hydrogen (secondary N) is 1. The Morgan fingerprint density at radius 3 is 2.68 bits per heavy atom. The molecule has 6 heteroatoms. The molecule has 0 saturated carbocycles. The van der Waals surface area contributed by atoms with Gasteiger partial charge in [0.1, 0.15) is 0 Å². The summed E-state index contributed by atoms with van der Waals surface area (Å²) in [6, 6.07) is 12.1. The number of likely N-dealkylation sites (N-methyl/N-ethyl adjacent to an activating group) is 1. The smallest absolute Gasteiger partial charge is 0.254 e. The number of thiophene rings is 1. The SMILES string of the molecule is Cc1c(C(=O)NC[C@H](c2ccsc2)N(C)C)cnn1-c1ccccc1. The van der Waals surface area contributed by atoms with Crippen LogP contribution in [-0.4, -0.2) is 41.2 Å². The molecule has 5 nitrogen and oxygen atoms in total. The molecule has 1 atom stereocenters. The van der Waals surface area contributed by atoms with Crippen molar-refractivity contribution >= 4 is 17.2 Å². The van der Waals surface area contributed by atoms with Gasteiger partial charge < -0.3 is 10.2 Å². The van der Waals surface area contributed by atoms with Crippen molar-refractivity contribution in [1.82, 2.24) is 20.0 Å². The summed E-state index contributed by atoms with van der Waals surface area (Å²) < 4.78 is 1.79. The number of hydrogen-bond acceptors (Lipinski definition) is 4. The maximum atomic E-state index is 12.6. The van der Waals surface area contributed by atoms with Crippen LogP contribution >= 0.6 is 11.3 Å². The van der Waals surface area contributed by atoms with Crippen LogP contribution in [0.15, 0.2) is 53.4 Å². The number of carbonyl (C=O) groups excluding carboxylic acids is 1. The van der Waals surface area contributed by atoms with E-state index in [-0.39, 0.29) is 11.9 Å². The fourth-order valence-electron chi connectivity index (χ4n) is 2.81. The lowest BCUT2D eigenvalue weighted by Gasteiger charge is -2.24. The first-order chi connectivity index (χ1) is 12.1. The third-order valence-corrected chi connectivity index (χ3v) is 4.96.